The molecule has 0 fully saturated rings. The summed E-state index contributed by atoms with van der Waals surface area (Å²) in [5.74, 6) is 0.565. The number of nitrogens with one attached hydrogen (secondary N) is 3. The Morgan fingerprint density at radius 1 is 0.914 bits per heavy atom. The van der Waals surface area contributed by atoms with Crippen LogP contribution in [-0.4, -0.2) is 70.1 Å². The number of nitrogens with zero attached hydrogens (tertiary/aromatic N) is 4. The predicted octanol–water partition coefficient (Wildman–Crippen LogP) is 8.40. The molecule has 0 spiro atoms. The maximum atomic E-state index is 14.1. The highest BCUT2D eigenvalue weighted by Gasteiger charge is 2.32. The monoisotopic (exact) mass is 798 g/mol. The number of para-hydroxylation sites is 1. The van der Waals surface area contributed by atoms with Crippen LogP contribution in [0, 0.1) is 24.2 Å². The van der Waals surface area contributed by atoms with E-state index >= 15 is 0 Å². The Morgan fingerprint density at radius 2 is 1.64 bits per heavy atom. The first-order valence-electron chi connectivity index (χ1n) is 21.3. The van der Waals surface area contributed by atoms with Crippen LogP contribution >= 0.6 is 0 Å². The summed E-state index contributed by atoms with van der Waals surface area (Å²) in [5, 5.41) is 19.0. The second-order valence-corrected chi connectivity index (χ2v) is 18.3. The van der Waals surface area contributed by atoms with E-state index in [1.165, 1.54) is 0 Å². The van der Waals surface area contributed by atoms with Gasteiger partial charge in [-0.3, -0.25) is 14.4 Å². The summed E-state index contributed by atoms with van der Waals surface area (Å²) in [6.45, 7) is 29.8. The number of aromatic nitrogens is 3. The molecule has 2 heterocycles. The first-order valence-corrected chi connectivity index (χ1v) is 21.3. The molecule has 3 amide bonds. The molecule has 0 saturated heterocycles. The fourth-order valence-corrected chi connectivity index (χ4v) is 7.19. The normalized spacial score (nSPS) is 13.9. The van der Waals surface area contributed by atoms with E-state index in [9.17, 15) is 14.4 Å². The van der Waals surface area contributed by atoms with E-state index in [0.29, 0.717) is 62.7 Å². The fourth-order valence-electron chi connectivity index (χ4n) is 7.19. The third-order valence-corrected chi connectivity index (χ3v) is 11.6. The zero-order chi connectivity index (χ0) is 42.8. The molecule has 4 rings (SSSR count). The van der Waals surface area contributed by atoms with Gasteiger partial charge in [0.15, 0.2) is 0 Å². The van der Waals surface area contributed by atoms with Crippen molar-refractivity contribution in [3.8, 4) is 22.5 Å². The summed E-state index contributed by atoms with van der Waals surface area (Å²) in [4.78, 5) is 42.0. The van der Waals surface area contributed by atoms with Gasteiger partial charge in [-0.2, -0.15) is 0 Å². The second kappa shape index (κ2) is 20.6. The number of rotatable bonds is 21. The summed E-state index contributed by atoms with van der Waals surface area (Å²) in [7, 11) is 0. The smallest absolute Gasteiger partial charge is 0.227 e. The molecule has 3 aromatic rings. The number of allylic oxidation sites excluding steroid dienone is 1. The molecule has 0 radical (unpaired) electrons. The van der Waals surface area contributed by atoms with Crippen molar-refractivity contribution in [2.24, 2.45) is 17.3 Å². The van der Waals surface area contributed by atoms with Gasteiger partial charge in [-0.25, -0.2) is 4.68 Å². The van der Waals surface area contributed by atoms with Gasteiger partial charge in [-0.05, 0) is 83.4 Å². The Morgan fingerprint density at radius 3 is 2.34 bits per heavy atom. The molecule has 0 saturated carbocycles. The third-order valence-electron chi connectivity index (χ3n) is 11.6. The van der Waals surface area contributed by atoms with Crippen LogP contribution in [-0.2, 0) is 32.2 Å². The Kier molecular flexibility index (Phi) is 16.4. The lowest BCUT2D eigenvalue weighted by molar-refractivity contribution is -0.132. The van der Waals surface area contributed by atoms with E-state index < -0.39 is 11.0 Å². The van der Waals surface area contributed by atoms with Crippen LogP contribution in [0.1, 0.15) is 119 Å². The van der Waals surface area contributed by atoms with Crippen molar-refractivity contribution in [1.82, 2.24) is 30.9 Å². The number of hydrogen-bond donors (Lipinski definition) is 3. The van der Waals surface area contributed by atoms with Crippen LogP contribution < -0.4 is 20.9 Å². The van der Waals surface area contributed by atoms with E-state index in [0.717, 1.165) is 58.6 Å². The van der Waals surface area contributed by atoms with Gasteiger partial charge in [0.05, 0.1) is 30.1 Å². The van der Waals surface area contributed by atoms with Crippen molar-refractivity contribution in [3.63, 3.8) is 0 Å². The lowest BCUT2D eigenvalue weighted by atomic mass is 9.86. The summed E-state index contributed by atoms with van der Waals surface area (Å²) in [6.07, 6.45) is 3.15. The number of carbonyl (C=O) groups excluding carboxylic acids is 3. The van der Waals surface area contributed by atoms with Crippen molar-refractivity contribution >= 4 is 23.4 Å². The second-order valence-electron chi connectivity index (χ2n) is 18.3. The van der Waals surface area contributed by atoms with Crippen LogP contribution in [0.4, 0.5) is 5.69 Å². The van der Waals surface area contributed by atoms with Gasteiger partial charge in [-0.15, -0.1) is 5.10 Å². The molecule has 1 aliphatic heterocycles. The SMILES string of the molecule is C=C(CCCNC(C)C)Cn1nnc2c1-c1ccc(C)cc1CN(C(=O)CCC(=O)NCCC(C)(C)OCCC(C)(C)C(=O)NC(C)C(C)C(C)C)c1ccccc1-2. The standard InChI is InChI=1S/C47H71N7O4/c1-31(2)35(7)36(8)50-45(57)46(9,10)24-27-58-47(11,12)23-26-49-41(55)21-22-42(56)53-30-37-28-33(5)19-20-38(37)44-43(39-17-13-14-18-40(39)53)51-52-54(44)29-34(6)16-15-25-48-32(3)4/h13-14,17-20,28,31-32,35-36,48H,6,15-16,21-27,29-30H2,1-5,7-12H3,(H,49,55)(H,50,57). The van der Waals surface area contributed by atoms with Crippen molar-refractivity contribution in [1.29, 1.82) is 0 Å². The van der Waals surface area contributed by atoms with Crippen molar-refractivity contribution in [2.45, 2.75) is 145 Å². The molecular weight excluding hydrogens is 727 g/mol. The predicted molar refractivity (Wildman–Crippen MR) is 235 cm³/mol. The Labute approximate surface area is 348 Å². The van der Waals surface area contributed by atoms with Crippen LogP contribution in [0.2, 0.25) is 0 Å². The molecule has 11 heteroatoms. The molecular formula is C47H71N7O4. The number of amides is 3. The van der Waals surface area contributed by atoms with Gasteiger partial charge in [0, 0.05) is 54.6 Å². The van der Waals surface area contributed by atoms with Crippen LogP contribution in [0.3, 0.4) is 0 Å². The molecule has 58 heavy (non-hydrogen) atoms. The minimum Gasteiger partial charge on any atom is -0.375 e. The van der Waals surface area contributed by atoms with Gasteiger partial charge < -0.3 is 25.6 Å². The number of fused-ring (bicyclic) bond motifs is 5. The van der Waals surface area contributed by atoms with Gasteiger partial charge in [0.2, 0.25) is 17.7 Å². The highest BCUT2D eigenvalue weighted by atomic mass is 16.5. The van der Waals surface area contributed by atoms with Gasteiger partial charge >= 0.3 is 0 Å². The van der Waals surface area contributed by atoms with Gasteiger partial charge in [0.25, 0.3) is 0 Å². The first kappa shape index (κ1) is 46.3. The molecule has 2 atom stereocenters. The Hall–Kier alpha value is -4.35. The van der Waals surface area contributed by atoms with Crippen molar-refractivity contribution < 1.29 is 19.1 Å². The number of hydrogen-bond acceptors (Lipinski definition) is 7. The average molecular weight is 798 g/mol. The number of carbonyl (C=O) groups is 3. The molecule has 3 N–H and O–H groups in total. The third kappa shape index (κ3) is 12.8. The number of benzene rings is 2. The maximum Gasteiger partial charge on any atom is 0.227 e. The van der Waals surface area contributed by atoms with Crippen LogP contribution in [0.25, 0.3) is 22.5 Å². The molecule has 0 aliphatic carbocycles. The Balaban J connectivity index is 1.36. The summed E-state index contributed by atoms with van der Waals surface area (Å²) in [6, 6.07) is 14.7. The largest absolute Gasteiger partial charge is 0.375 e. The molecule has 2 unspecified atom stereocenters. The number of aryl methyl sites for hydroxylation is 1. The molecule has 1 aliphatic rings. The highest BCUT2D eigenvalue weighted by molar-refractivity contribution is 6.01. The lowest BCUT2D eigenvalue weighted by Crippen LogP contribution is -2.45. The lowest BCUT2D eigenvalue weighted by Gasteiger charge is -2.31. The topological polar surface area (TPSA) is 130 Å². The highest BCUT2D eigenvalue weighted by Crippen LogP contribution is 2.41. The minimum atomic E-state index is -0.573. The quantitative estimate of drug-likeness (QED) is 0.0729. The zero-order valence-electron chi connectivity index (χ0n) is 37.3. The summed E-state index contributed by atoms with van der Waals surface area (Å²) >= 11 is 0. The van der Waals surface area contributed by atoms with Crippen LogP contribution in [0.15, 0.2) is 54.6 Å². The molecule has 2 aromatic carbocycles. The van der Waals surface area contributed by atoms with E-state index in [2.05, 4.69) is 94.4 Å². The average Bonchev–Trinajstić information content (AvgIpc) is 3.55. The fraction of sp³-hybridized carbons (Fsp3) is 0.596. The van der Waals surface area contributed by atoms with E-state index in [1.54, 1.807) is 4.90 Å². The minimum absolute atomic E-state index is 0.0326. The Bertz CT molecular complexity index is 1880. The summed E-state index contributed by atoms with van der Waals surface area (Å²) < 4.78 is 8.17. The molecule has 1 aromatic heterocycles. The number of ether oxygens (including phenoxy) is 1. The van der Waals surface area contributed by atoms with Gasteiger partial charge in [-0.1, -0.05) is 108 Å². The number of anilines is 1. The first-order chi connectivity index (χ1) is 27.3. The van der Waals surface area contributed by atoms with Crippen LogP contribution in [0.5, 0.6) is 0 Å². The molecule has 0 bridgehead atoms. The molecule has 318 valence electrons. The van der Waals surface area contributed by atoms with Crippen molar-refractivity contribution in [2.75, 3.05) is 24.6 Å². The summed E-state index contributed by atoms with van der Waals surface area (Å²) in [5.41, 5.74) is 6.25. The van der Waals surface area contributed by atoms with Crippen molar-refractivity contribution in [3.05, 3.63) is 65.7 Å². The maximum absolute atomic E-state index is 14.1. The van der Waals surface area contributed by atoms with E-state index in [-0.39, 0.29) is 36.6 Å². The zero-order valence-corrected chi connectivity index (χ0v) is 37.3. The van der Waals surface area contributed by atoms with E-state index in [4.69, 9.17) is 9.84 Å². The van der Waals surface area contributed by atoms with Gasteiger partial charge in [0.1, 0.15) is 5.69 Å². The van der Waals surface area contributed by atoms with E-state index in [1.807, 2.05) is 56.6 Å². The molecule has 11 nitrogen and oxygen atoms in total.